The molecule has 1 atom stereocenters. The molecule has 1 aromatic heterocycles. The van der Waals surface area contributed by atoms with Crippen LogP contribution in [0.15, 0.2) is 60.8 Å². The first kappa shape index (κ1) is 17.3. The van der Waals surface area contributed by atoms with Crippen molar-refractivity contribution in [2.24, 2.45) is 0 Å². The molecule has 3 aromatic rings. The van der Waals surface area contributed by atoms with Gasteiger partial charge in [0.1, 0.15) is 0 Å². The fourth-order valence-electron chi connectivity index (χ4n) is 3.62. The number of carbonyl (C=O) groups is 1. The van der Waals surface area contributed by atoms with Crippen LogP contribution in [0.3, 0.4) is 0 Å². The highest BCUT2D eigenvalue weighted by Gasteiger charge is 2.25. The van der Waals surface area contributed by atoms with Crippen molar-refractivity contribution in [2.45, 2.75) is 38.8 Å². The summed E-state index contributed by atoms with van der Waals surface area (Å²) in [6.45, 7) is 2.79. The topological polar surface area (TPSA) is 59.0 Å². The van der Waals surface area contributed by atoms with E-state index in [1.807, 2.05) is 55.6 Å². The van der Waals surface area contributed by atoms with Crippen molar-refractivity contribution in [1.29, 1.82) is 0 Å². The molecule has 0 spiro atoms. The van der Waals surface area contributed by atoms with Crippen molar-refractivity contribution >= 4 is 11.7 Å². The van der Waals surface area contributed by atoms with Gasteiger partial charge in [-0.2, -0.15) is 5.10 Å². The molecule has 2 aromatic carbocycles. The second kappa shape index (κ2) is 7.66. The number of fused-ring (bicyclic) bond motifs is 1. The molecule has 0 fully saturated rings. The van der Waals surface area contributed by atoms with Crippen molar-refractivity contribution in [3.8, 4) is 0 Å². The van der Waals surface area contributed by atoms with Gasteiger partial charge in [-0.3, -0.25) is 4.68 Å². The smallest absolute Gasteiger partial charge is 0.319 e. The summed E-state index contributed by atoms with van der Waals surface area (Å²) in [4.78, 5) is 12.4. The molecular formula is C22H24N4O. The Morgan fingerprint density at radius 3 is 2.70 bits per heavy atom. The minimum atomic E-state index is -0.174. The van der Waals surface area contributed by atoms with E-state index in [0.29, 0.717) is 0 Å². The zero-order chi connectivity index (χ0) is 18.6. The number of rotatable bonds is 4. The highest BCUT2D eigenvalue weighted by molar-refractivity contribution is 5.89. The summed E-state index contributed by atoms with van der Waals surface area (Å²) in [5, 5.41) is 10.6. The number of hydrogen-bond donors (Lipinski definition) is 2. The summed E-state index contributed by atoms with van der Waals surface area (Å²) in [6, 6.07) is 18.0. The maximum Gasteiger partial charge on any atom is 0.319 e. The largest absolute Gasteiger partial charge is 0.331 e. The number of nitrogens with one attached hydrogen (secondary N) is 2. The third kappa shape index (κ3) is 4.03. The number of hydrogen-bond acceptors (Lipinski definition) is 2. The van der Waals surface area contributed by atoms with Crippen LogP contribution < -0.4 is 10.6 Å². The summed E-state index contributed by atoms with van der Waals surface area (Å²) in [5.41, 5.74) is 5.56. The Hall–Kier alpha value is -3.08. The molecule has 0 saturated heterocycles. The highest BCUT2D eigenvalue weighted by Crippen LogP contribution is 2.30. The maximum atomic E-state index is 12.4. The lowest BCUT2D eigenvalue weighted by atomic mass is 9.93. The summed E-state index contributed by atoms with van der Waals surface area (Å²) < 4.78 is 2.07. The minimum Gasteiger partial charge on any atom is -0.331 e. The molecule has 0 saturated carbocycles. The van der Waals surface area contributed by atoms with Crippen molar-refractivity contribution < 1.29 is 4.79 Å². The summed E-state index contributed by atoms with van der Waals surface area (Å²) >= 11 is 0. The molecular weight excluding hydrogens is 336 g/mol. The molecule has 5 nitrogen and oxygen atoms in total. The number of aryl methyl sites for hydroxylation is 1. The number of carbonyl (C=O) groups excluding carboxylic acids is 1. The Morgan fingerprint density at radius 1 is 1.15 bits per heavy atom. The molecule has 138 valence electrons. The number of urea groups is 1. The van der Waals surface area contributed by atoms with Crippen molar-refractivity contribution in [3.63, 3.8) is 0 Å². The second-order valence-corrected chi connectivity index (χ2v) is 7.10. The van der Waals surface area contributed by atoms with E-state index in [1.165, 1.54) is 16.8 Å². The number of aromatic nitrogens is 2. The van der Waals surface area contributed by atoms with Gasteiger partial charge in [-0.15, -0.1) is 0 Å². The van der Waals surface area contributed by atoms with Crippen LogP contribution in [0.1, 0.15) is 41.3 Å². The number of nitrogens with zero attached hydrogens (tertiary/aromatic N) is 2. The van der Waals surface area contributed by atoms with Gasteiger partial charge in [0.2, 0.25) is 0 Å². The van der Waals surface area contributed by atoms with Gasteiger partial charge in [0.15, 0.2) is 0 Å². The third-order valence-electron chi connectivity index (χ3n) is 5.05. The van der Waals surface area contributed by atoms with Crippen LogP contribution in [0.25, 0.3) is 0 Å². The first-order chi connectivity index (χ1) is 13.2. The first-order valence-electron chi connectivity index (χ1n) is 9.42. The summed E-state index contributed by atoms with van der Waals surface area (Å²) in [5.74, 6) is 0. The molecule has 4 rings (SSSR count). The van der Waals surface area contributed by atoms with E-state index >= 15 is 0 Å². The van der Waals surface area contributed by atoms with Gasteiger partial charge in [-0.1, -0.05) is 48.0 Å². The normalized spacial score (nSPS) is 15.8. The van der Waals surface area contributed by atoms with E-state index in [4.69, 9.17) is 0 Å². The van der Waals surface area contributed by atoms with Gasteiger partial charge in [0.05, 0.1) is 18.8 Å². The summed E-state index contributed by atoms with van der Waals surface area (Å²) in [6.07, 6.45) is 4.89. The Morgan fingerprint density at radius 2 is 1.93 bits per heavy atom. The Balaban J connectivity index is 1.45. The number of benzene rings is 2. The average Bonchev–Trinajstić information content (AvgIpc) is 3.08. The van der Waals surface area contributed by atoms with E-state index < -0.39 is 0 Å². The lowest BCUT2D eigenvalue weighted by molar-refractivity contribution is 0.247. The number of anilines is 1. The molecule has 2 N–H and O–H groups in total. The van der Waals surface area contributed by atoms with Crippen molar-refractivity contribution in [3.05, 3.63) is 83.2 Å². The fourth-order valence-corrected chi connectivity index (χ4v) is 3.62. The zero-order valence-electron chi connectivity index (χ0n) is 15.5. The average molecular weight is 360 g/mol. The van der Waals surface area contributed by atoms with Gasteiger partial charge in [-0.05, 0) is 43.9 Å². The molecule has 0 aliphatic heterocycles. The summed E-state index contributed by atoms with van der Waals surface area (Å²) in [7, 11) is 0. The predicted molar refractivity (Wildman–Crippen MR) is 107 cm³/mol. The highest BCUT2D eigenvalue weighted by atomic mass is 16.2. The van der Waals surface area contributed by atoms with E-state index in [1.54, 1.807) is 0 Å². The maximum absolute atomic E-state index is 12.4. The standard InChI is InChI=1S/C22H24N4O/c1-16-10-12-18(13-11-16)24-22(27)25-20-8-5-9-21-19(20)14-23-26(21)15-17-6-3-2-4-7-17/h2-4,6-7,10-14,20H,5,8-9,15H2,1H3,(H2,24,25,27)/t20-/m1/s1. The fraction of sp³-hybridized carbons (Fsp3) is 0.273. The molecule has 27 heavy (non-hydrogen) atoms. The van der Waals surface area contributed by atoms with Gasteiger partial charge in [0.25, 0.3) is 0 Å². The van der Waals surface area contributed by atoms with Crippen LogP contribution in [0, 0.1) is 6.92 Å². The number of amides is 2. The molecule has 1 aliphatic carbocycles. The first-order valence-corrected chi connectivity index (χ1v) is 9.42. The van der Waals surface area contributed by atoms with Crippen LogP contribution in [0.4, 0.5) is 10.5 Å². The Labute approximate surface area is 159 Å². The Kier molecular flexibility index (Phi) is 4.92. The van der Waals surface area contributed by atoms with E-state index in [2.05, 4.69) is 32.5 Å². The van der Waals surface area contributed by atoms with Gasteiger partial charge in [-0.25, -0.2) is 4.79 Å². The zero-order valence-corrected chi connectivity index (χ0v) is 15.5. The third-order valence-corrected chi connectivity index (χ3v) is 5.05. The van der Waals surface area contributed by atoms with E-state index in [-0.39, 0.29) is 12.1 Å². The van der Waals surface area contributed by atoms with Crippen molar-refractivity contribution in [2.75, 3.05) is 5.32 Å². The van der Waals surface area contributed by atoms with Crippen LogP contribution in [0.5, 0.6) is 0 Å². The molecule has 2 amide bonds. The Bertz CT molecular complexity index is 915. The van der Waals surface area contributed by atoms with Gasteiger partial charge < -0.3 is 10.6 Å². The van der Waals surface area contributed by atoms with Crippen LogP contribution in [-0.2, 0) is 13.0 Å². The lowest BCUT2D eigenvalue weighted by Crippen LogP contribution is -2.34. The van der Waals surface area contributed by atoms with Crippen LogP contribution >= 0.6 is 0 Å². The second-order valence-electron chi connectivity index (χ2n) is 7.10. The predicted octanol–water partition coefficient (Wildman–Crippen LogP) is 4.44. The molecule has 0 unspecified atom stereocenters. The van der Waals surface area contributed by atoms with Crippen LogP contribution in [0.2, 0.25) is 0 Å². The molecule has 0 radical (unpaired) electrons. The van der Waals surface area contributed by atoms with E-state index in [0.717, 1.165) is 37.1 Å². The molecule has 0 bridgehead atoms. The minimum absolute atomic E-state index is 0.00345. The monoisotopic (exact) mass is 360 g/mol. The van der Waals surface area contributed by atoms with E-state index in [9.17, 15) is 4.79 Å². The SMILES string of the molecule is Cc1ccc(NC(=O)N[C@@H]2CCCc3c2cnn3Cc2ccccc2)cc1. The molecule has 1 aliphatic rings. The lowest BCUT2D eigenvalue weighted by Gasteiger charge is -2.24. The van der Waals surface area contributed by atoms with Crippen LogP contribution in [-0.4, -0.2) is 15.8 Å². The quantitative estimate of drug-likeness (QED) is 0.723. The van der Waals surface area contributed by atoms with Gasteiger partial charge >= 0.3 is 6.03 Å². The molecule has 5 heteroatoms. The molecule has 1 heterocycles. The van der Waals surface area contributed by atoms with Gasteiger partial charge in [0, 0.05) is 16.9 Å². The van der Waals surface area contributed by atoms with Crippen molar-refractivity contribution in [1.82, 2.24) is 15.1 Å².